The molecule has 2 aromatic rings. The number of aryl methyl sites for hydroxylation is 2. The van der Waals surface area contributed by atoms with E-state index in [0.29, 0.717) is 0 Å². The van der Waals surface area contributed by atoms with Gasteiger partial charge in [0.15, 0.2) is 5.60 Å². The van der Waals surface area contributed by atoms with E-state index in [-0.39, 0.29) is 0 Å². The molecule has 0 fully saturated rings. The van der Waals surface area contributed by atoms with E-state index in [2.05, 4.69) is 29.9 Å². The Morgan fingerprint density at radius 3 is 1.59 bits per heavy atom. The summed E-state index contributed by atoms with van der Waals surface area (Å²) in [5, 5.41) is 14.8. The van der Waals surface area contributed by atoms with Crippen LogP contribution in [0, 0.1) is 25.0 Å². The fraction of sp³-hybridized carbons (Fsp3) is 0.300. The Balaban J connectivity index is 2.73. The molecule has 0 radical (unpaired) electrons. The molecule has 0 saturated carbocycles. The van der Waals surface area contributed by atoms with Gasteiger partial charge in [0.2, 0.25) is 0 Å². The van der Waals surface area contributed by atoms with E-state index in [0.717, 1.165) is 22.3 Å². The normalized spacial score (nSPS) is 12.5. The SMILES string of the molecule is Cc1ccccc1C(O)(C#CS(C)(C)C)c1ccccc1C. The number of hydrogen-bond acceptors (Lipinski definition) is 1. The third-order valence-electron chi connectivity index (χ3n) is 3.61. The molecule has 0 amide bonds. The van der Waals surface area contributed by atoms with Crippen LogP contribution in [0.3, 0.4) is 0 Å². The summed E-state index contributed by atoms with van der Waals surface area (Å²) >= 11 is 0. The third-order valence-corrected chi connectivity index (χ3v) is 4.32. The molecular weight excluding hydrogens is 288 g/mol. The quantitative estimate of drug-likeness (QED) is 0.824. The zero-order valence-electron chi connectivity index (χ0n) is 14.0. The number of aliphatic hydroxyl groups is 1. The average molecular weight is 312 g/mol. The van der Waals surface area contributed by atoms with Crippen LogP contribution >= 0.6 is 10.0 Å². The molecule has 0 aliphatic rings. The van der Waals surface area contributed by atoms with Gasteiger partial charge in [-0.05, 0) is 49.7 Å². The first-order chi connectivity index (χ1) is 10.2. The van der Waals surface area contributed by atoms with Crippen molar-refractivity contribution in [2.45, 2.75) is 19.4 Å². The minimum Gasteiger partial charge on any atom is -0.369 e. The van der Waals surface area contributed by atoms with Gasteiger partial charge in [-0.3, -0.25) is 0 Å². The highest BCUT2D eigenvalue weighted by molar-refractivity contribution is 8.35. The highest BCUT2D eigenvalue weighted by Gasteiger charge is 2.32. The van der Waals surface area contributed by atoms with Crippen molar-refractivity contribution in [3.8, 4) is 11.2 Å². The highest BCUT2D eigenvalue weighted by Crippen LogP contribution is 2.37. The third kappa shape index (κ3) is 3.55. The van der Waals surface area contributed by atoms with Crippen LogP contribution < -0.4 is 0 Å². The fourth-order valence-electron chi connectivity index (χ4n) is 2.46. The predicted octanol–water partition coefficient (Wildman–Crippen LogP) is 4.19. The van der Waals surface area contributed by atoms with Crippen LogP contribution in [0.1, 0.15) is 22.3 Å². The predicted molar refractivity (Wildman–Crippen MR) is 98.5 cm³/mol. The molecule has 0 unspecified atom stereocenters. The Kier molecular flexibility index (Phi) is 4.70. The van der Waals surface area contributed by atoms with Gasteiger partial charge in [0.25, 0.3) is 0 Å². The van der Waals surface area contributed by atoms with Crippen molar-refractivity contribution < 1.29 is 5.11 Å². The smallest absolute Gasteiger partial charge is 0.178 e. The van der Waals surface area contributed by atoms with Crippen LogP contribution in [0.4, 0.5) is 0 Å². The molecule has 2 aromatic carbocycles. The van der Waals surface area contributed by atoms with Crippen LogP contribution in [-0.2, 0) is 5.60 Å². The monoisotopic (exact) mass is 312 g/mol. The molecule has 2 heteroatoms. The van der Waals surface area contributed by atoms with Crippen LogP contribution in [0.25, 0.3) is 0 Å². The van der Waals surface area contributed by atoms with Crippen molar-refractivity contribution in [2.75, 3.05) is 18.8 Å². The highest BCUT2D eigenvalue weighted by atomic mass is 32.3. The summed E-state index contributed by atoms with van der Waals surface area (Å²) in [6.45, 7) is 4.04. The van der Waals surface area contributed by atoms with Crippen molar-refractivity contribution in [2.24, 2.45) is 0 Å². The van der Waals surface area contributed by atoms with Crippen molar-refractivity contribution in [1.82, 2.24) is 0 Å². The van der Waals surface area contributed by atoms with Crippen molar-refractivity contribution in [3.05, 3.63) is 70.8 Å². The maximum atomic E-state index is 11.5. The Morgan fingerprint density at radius 2 is 1.23 bits per heavy atom. The molecule has 0 heterocycles. The van der Waals surface area contributed by atoms with Gasteiger partial charge in [-0.1, -0.05) is 53.8 Å². The van der Waals surface area contributed by atoms with Crippen molar-refractivity contribution in [3.63, 3.8) is 0 Å². The zero-order chi connectivity index (χ0) is 16.4. The van der Waals surface area contributed by atoms with Gasteiger partial charge < -0.3 is 5.11 Å². The van der Waals surface area contributed by atoms with E-state index in [9.17, 15) is 5.11 Å². The van der Waals surface area contributed by atoms with E-state index >= 15 is 0 Å². The molecule has 116 valence electrons. The molecule has 0 aliphatic heterocycles. The summed E-state index contributed by atoms with van der Waals surface area (Å²) in [7, 11) is -1.02. The van der Waals surface area contributed by atoms with Crippen molar-refractivity contribution >= 4 is 10.0 Å². The molecule has 0 bridgehead atoms. The minimum absolute atomic E-state index is 0.862. The molecule has 2 rings (SSSR count). The van der Waals surface area contributed by atoms with Crippen LogP contribution in [0.15, 0.2) is 48.5 Å². The lowest BCUT2D eigenvalue weighted by Crippen LogP contribution is -2.27. The van der Waals surface area contributed by atoms with E-state index in [1.165, 1.54) is 0 Å². The zero-order valence-corrected chi connectivity index (χ0v) is 14.8. The molecule has 22 heavy (non-hydrogen) atoms. The first-order valence-electron chi connectivity index (χ1n) is 7.31. The molecule has 0 spiro atoms. The molecule has 0 aliphatic carbocycles. The lowest BCUT2D eigenvalue weighted by Gasteiger charge is -2.28. The second kappa shape index (κ2) is 6.20. The number of hydrogen-bond donors (Lipinski definition) is 1. The second-order valence-electron chi connectivity index (χ2n) is 6.40. The number of rotatable bonds is 2. The molecule has 0 saturated heterocycles. The van der Waals surface area contributed by atoms with Gasteiger partial charge in [0, 0.05) is 11.1 Å². The Morgan fingerprint density at radius 1 is 0.818 bits per heavy atom. The van der Waals surface area contributed by atoms with Crippen LogP contribution in [0.2, 0.25) is 0 Å². The maximum Gasteiger partial charge on any atom is 0.178 e. The van der Waals surface area contributed by atoms with Gasteiger partial charge in [-0.15, -0.1) is 0 Å². The largest absolute Gasteiger partial charge is 0.369 e. The fourth-order valence-corrected chi connectivity index (χ4v) is 2.92. The summed E-state index contributed by atoms with van der Waals surface area (Å²) in [6.07, 6.45) is 6.41. The summed E-state index contributed by atoms with van der Waals surface area (Å²) in [5.74, 6) is 3.19. The summed E-state index contributed by atoms with van der Waals surface area (Å²) in [5.41, 5.74) is 2.55. The van der Waals surface area contributed by atoms with Crippen molar-refractivity contribution in [1.29, 1.82) is 0 Å². The van der Waals surface area contributed by atoms with E-state index < -0.39 is 15.6 Å². The average Bonchev–Trinajstić information content (AvgIpc) is 2.45. The Bertz CT molecular complexity index is 684. The maximum absolute atomic E-state index is 11.5. The van der Waals surface area contributed by atoms with Gasteiger partial charge in [-0.2, -0.15) is 10.0 Å². The lowest BCUT2D eigenvalue weighted by molar-refractivity contribution is 0.144. The van der Waals surface area contributed by atoms with E-state index in [1.807, 2.05) is 62.4 Å². The van der Waals surface area contributed by atoms with E-state index in [1.54, 1.807) is 0 Å². The first kappa shape index (κ1) is 16.7. The summed E-state index contributed by atoms with van der Waals surface area (Å²) in [4.78, 5) is 0. The van der Waals surface area contributed by atoms with Gasteiger partial charge in [0.1, 0.15) is 0 Å². The summed E-state index contributed by atoms with van der Waals surface area (Å²) in [6, 6.07) is 15.9. The molecule has 1 nitrogen and oxygen atoms in total. The first-order valence-corrected chi connectivity index (χ1v) is 10.2. The van der Waals surface area contributed by atoms with E-state index in [4.69, 9.17) is 0 Å². The number of benzene rings is 2. The van der Waals surface area contributed by atoms with Crippen LogP contribution in [0.5, 0.6) is 0 Å². The molecular formula is C20H24OS. The topological polar surface area (TPSA) is 20.2 Å². The molecule has 1 N–H and O–H groups in total. The summed E-state index contributed by atoms with van der Waals surface area (Å²) < 4.78 is 0. The molecule has 0 aromatic heterocycles. The van der Waals surface area contributed by atoms with Gasteiger partial charge >= 0.3 is 0 Å². The Labute approximate surface area is 135 Å². The van der Waals surface area contributed by atoms with Gasteiger partial charge in [0.05, 0.1) is 0 Å². The second-order valence-corrected chi connectivity index (χ2v) is 10.3. The Hall–Kier alpha value is -1.69. The van der Waals surface area contributed by atoms with Gasteiger partial charge in [-0.25, -0.2) is 0 Å². The minimum atomic E-state index is -1.27. The van der Waals surface area contributed by atoms with Crippen LogP contribution in [-0.4, -0.2) is 23.9 Å². The molecule has 0 atom stereocenters. The standard InChI is InChI=1S/C20H24OS/c1-16-10-6-8-12-18(16)20(21,14-15-22(3,4)5)19-13-9-7-11-17(19)2/h6-13,21H,1-5H3. The lowest BCUT2D eigenvalue weighted by atomic mass is 9.82.